The molecule has 0 unspecified atom stereocenters. The molecular weight excluding hydrogens is 218 g/mol. The molecule has 0 fully saturated rings. The molecule has 1 rings (SSSR count). The third kappa shape index (κ3) is 3.35. The van der Waals surface area contributed by atoms with Crippen LogP contribution in [-0.2, 0) is 9.53 Å². The smallest absolute Gasteiger partial charge is 0.332 e. The number of hydrogen-bond acceptors (Lipinski definition) is 4. The van der Waals surface area contributed by atoms with Gasteiger partial charge < -0.3 is 9.47 Å². The van der Waals surface area contributed by atoms with Gasteiger partial charge in [0.05, 0.1) is 19.3 Å². The first-order valence-electron chi connectivity index (χ1n) is 5.14. The van der Waals surface area contributed by atoms with Crippen LogP contribution in [0.15, 0.2) is 30.3 Å². The van der Waals surface area contributed by atoms with E-state index in [1.54, 1.807) is 31.2 Å². The van der Waals surface area contributed by atoms with Gasteiger partial charge >= 0.3 is 5.97 Å². The summed E-state index contributed by atoms with van der Waals surface area (Å²) in [5, 5.41) is 9.03. The molecule has 0 aromatic heterocycles. The maximum Gasteiger partial charge on any atom is 0.332 e. The lowest BCUT2D eigenvalue weighted by Crippen LogP contribution is -2.01. The van der Waals surface area contributed by atoms with Crippen molar-refractivity contribution in [1.82, 2.24) is 0 Å². The second kappa shape index (κ2) is 6.33. The second-order valence-electron chi connectivity index (χ2n) is 3.12. The number of carbonyl (C=O) groups excluding carboxylic acids is 1. The molecule has 0 radical (unpaired) electrons. The molecule has 0 bridgehead atoms. The zero-order chi connectivity index (χ0) is 12.7. The predicted molar refractivity (Wildman–Crippen MR) is 63.2 cm³/mol. The van der Waals surface area contributed by atoms with Crippen molar-refractivity contribution in [3.05, 3.63) is 35.9 Å². The Morgan fingerprint density at radius 1 is 1.47 bits per heavy atom. The standard InChI is InChI=1S/C13H13NO3/c1-3-17-13(15)8-10(9-14)11-6-4-5-7-12(11)16-2/h4-8H,3H2,1-2H3. The quantitative estimate of drug-likeness (QED) is 0.452. The van der Waals surface area contributed by atoms with E-state index in [9.17, 15) is 4.79 Å². The van der Waals surface area contributed by atoms with Gasteiger partial charge in [0.1, 0.15) is 11.8 Å². The Morgan fingerprint density at radius 2 is 2.18 bits per heavy atom. The highest BCUT2D eigenvalue weighted by molar-refractivity contribution is 5.96. The predicted octanol–water partition coefficient (Wildman–Crippen LogP) is 2.17. The molecular formula is C13H13NO3. The molecule has 88 valence electrons. The topological polar surface area (TPSA) is 59.3 Å². The van der Waals surface area contributed by atoms with Gasteiger partial charge in [-0.1, -0.05) is 12.1 Å². The van der Waals surface area contributed by atoms with E-state index in [2.05, 4.69) is 0 Å². The molecule has 0 saturated carbocycles. The van der Waals surface area contributed by atoms with Crippen LogP contribution in [0.3, 0.4) is 0 Å². The number of nitriles is 1. The highest BCUT2D eigenvalue weighted by Gasteiger charge is 2.09. The summed E-state index contributed by atoms with van der Waals surface area (Å²) in [6, 6.07) is 8.97. The largest absolute Gasteiger partial charge is 0.496 e. The molecule has 4 nitrogen and oxygen atoms in total. The van der Waals surface area contributed by atoms with Crippen LogP contribution in [0, 0.1) is 11.3 Å². The normalized spacial score (nSPS) is 10.5. The molecule has 0 N–H and O–H groups in total. The second-order valence-corrected chi connectivity index (χ2v) is 3.12. The Bertz CT molecular complexity index is 472. The van der Waals surface area contributed by atoms with Gasteiger partial charge in [-0.25, -0.2) is 4.79 Å². The monoisotopic (exact) mass is 231 g/mol. The summed E-state index contributed by atoms with van der Waals surface area (Å²) in [6.45, 7) is 1.99. The highest BCUT2D eigenvalue weighted by atomic mass is 16.5. The van der Waals surface area contributed by atoms with E-state index in [0.717, 1.165) is 0 Å². The third-order valence-electron chi connectivity index (χ3n) is 2.07. The molecule has 1 aromatic carbocycles. The van der Waals surface area contributed by atoms with Crippen molar-refractivity contribution in [3.8, 4) is 11.8 Å². The number of allylic oxidation sites excluding steroid dienone is 1. The number of nitrogens with zero attached hydrogens (tertiary/aromatic N) is 1. The van der Waals surface area contributed by atoms with E-state index in [1.807, 2.05) is 6.07 Å². The number of rotatable bonds is 4. The minimum atomic E-state index is -0.532. The van der Waals surface area contributed by atoms with Crippen molar-refractivity contribution in [2.75, 3.05) is 13.7 Å². The lowest BCUT2D eigenvalue weighted by Gasteiger charge is -2.06. The van der Waals surface area contributed by atoms with Gasteiger partial charge in [0.2, 0.25) is 0 Å². The maximum absolute atomic E-state index is 11.3. The number of esters is 1. The van der Waals surface area contributed by atoms with Gasteiger partial charge in [-0.15, -0.1) is 0 Å². The first-order valence-corrected chi connectivity index (χ1v) is 5.14. The summed E-state index contributed by atoms with van der Waals surface area (Å²) in [6.07, 6.45) is 1.17. The van der Waals surface area contributed by atoms with E-state index in [4.69, 9.17) is 14.7 Å². The zero-order valence-corrected chi connectivity index (χ0v) is 9.77. The van der Waals surface area contributed by atoms with Crippen LogP contribution in [0.1, 0.15) is 12.5 Å². The summed E-state index contributed by atoms with van der Waals surface area (Å²) in [4.78, 5) is 11.3. The molecule has 0 heterocycles. The summed E-state index contributed by atoms with van der Waals surface area (Å²) in [5.74, 6) is 0.0135. The molecule has 4 heteroatoms. The van der Waals surface area contributed by atoms with E-state index in [0.29, 0.717) is 11.3 Å². The Morgan fingerprint density at radius 3 is 2.76 bits per heavy atom. The van der Waals surface area contributed by atoms with Gasteiger partial charge in [0.15, 0.2) is 0 Å². The molecule has 0 amide bonds. The van der Waals surface area contributed by atoms with Crippen LogP contribution < -0.4 is 4.74 Å². The minimum Gasteiger partial charge on any atom is -0.496 e. The summed E-state index contributed by atoms with van der Waals surface area (Å²) >= 11 is 0. The maximum atomic E-state index is 11.3. The first-order chi connectivity index (χ1) is 8.22. The van der Waals surface area contributed by atoms with Crippen LogP contribution in [0.5, 0.6) is 5.75 Å². The molecule has 0 aliphatic rings. The summed E-state index contributed by atoms with van der Waals surface area (Å²) in [5.41, 5.74) is 0.798. The lowest BCUT2D eigenvalue weighted by atomic mass is 10.1. The average molecular weight is 231 g/mol. The van der Waals surface area contributed by atoms with Crippen LogP contribution in [-0.4, -0.2) is 19.7 Å². The van der Waals surface area contributed by atoms with Crippen molar-refractivity contribution in [1.29, 1.82) is 5.26 Å². The van der Waals surface area contributed by atoms with Crippen molar-refractivity contribution < 1.29 is 14.3 Å². The SMILES string of the molecule is CCOC(=O)C=C(C#N)c1ccccc1OC. The Kier molecular flexibility index (Phi) is 4.77. The first kappa shape index (κ1) is 12.8. The van der Waals surface area contributed by atoms with E-state index < -0.39 is 5.97 Å². The third-order valence-corrected chi connectivity index (χ3v) is 2.07. The Labute approximate surface area is 100 Å². The number of methoxy groups -OCH3 is 1. The Balaban J connectivity index is 3.10. The molecule has 1 aromatic rings. The fourth-order valence-electron chi connectivity index (χ4n) is 1.34. The molecule has 0 spiro atoms. The van der Waals surface area contributed by atoms with Gasteiger partial charge in [0, 0.05) is 11.6 Å². The van der Waals surface area contributed by atoms with Gasteiger partial charge in [-0.05, 0) is 19.1 Å². The van der Waals surface area contributed by atoms with E-state index in [-0.39, 0.29) is 12.2 Å². The summed E-state index contributed by atoms with van der Waals surface area (Å²) < 4.78 is 9.89. The number of carbonyl (C=O) groups is 1. The van der Waals surface area contributed by atoms with Crippen LogP contribution in [0.2, 0.25) is 0 Å². The molecule has 0 saturated heterocycles. The molecule has 0 atom stereocenters. The number of para-hydroxylation sites is 1. The van der Waals surface area contributed by atoms with Crippen molar-refractivity contribution in [3.63, 3.8) is 0 Å². The number of ether oxygens (including phenoxy) is 2. The molecule has 17 heavy (non-hydrogen) atoms. The van der Waals surface area contributed by atoms with E-state index >= 15 is 0 Å². The van der Waals surface area contributed by atoms with Crippen molar-refractivity contribution in [2.45, 2.75) is 6.92 Å². The fourth-order valence-corrected chi connectivity index (χ4v) is 1.34. The fraction of sp³-hybridized carbons (Fsp3) is 0.231. The van der Waals surface area contributed by atoms with Crippen molar-refractivity contribution >= 4 is 11.5 Å². The molecule has 0 aliphatic carbocycles. The zero-order valence-electron chi connectivity index (χ0n) is 9.77. The van der Waals surface area contributed by atoms with Gasteiger partial charge in [-0.2, -0.15) is 5.26 Å². The number of benzene rings is 1. The van der Waals surface area contributed by atoms with Gasteiger partial charge in [-0.3, -0.25) is 0 Å². The van der Waals surface area contributed by atoms with Gasteiger partial charge in [0.25, 0.3) is 0 Å². The van der Waals surface area contributed by atoms with Crippen LogP contribution in [0.4, 0.5) is 0 Å². The van der Waals surface area contributed by atoms with Crippen LogP contribution in [0.25, 0.3) is 5.57 Å². The molecule has 0 aliphatic heterocycles. The number of hydrogen-bond donors (Lipinski definition) is 0. The Hall–Kier alpha value is -2.28. The summed E-state index contributed by atoms with van der Waals surface area (Å²) in [7, 11) is 1.51. The lowest BCUT2D eigenvalue weighted by molar-refractivity contribution is -0.137. The van der Waals surface area contributed by atoms with E-state index in [1.165, 1.54) is 13.2 Å². The van der Waals surface area contributed by atoms with Crippen LogP contribution >= 0.6 is 0 Å². The highest BCUT2D eigenvalue weighted by Crippen LogP contribution is 2.25. The minimum absolute atomic E-state index is 0.223. The van der Waals surface area contributed by atoms with Crippen molar-refractivity contribution in [2.24, 2.45) is 0 Å². The average Bonchev–Trinajstić information content (AvgIpc) is 2.36.